The van der Waals surface area contributed by atoms with Gasteiger partial charge in [0, 0.05) is 33.4 Å². The maximum atomic E-state index is 13.8. The van der Waals surface area contributed by atoms with Gasteiger partial charge in [0.1, 0.15) is 31.3 Å². The second-order valence-corrected chi connectivity index (χ2v) is 11.6. The number of carbonyl (C=O) groups excluding carboxylic acids is 2. The van der Waals surface area contributed by atoms with Crippen molar-refractivity contribution < 1.29 is 33.3 Å². The van der Waals surface area contributed by atoms with Crippen molar-refractivity contribution in [3.05, 3.63) is 77.9 Å². The lowest BCUT2D eigenvalue weighted by Gasteiger charge is -2.30. The molecule has 0 fully saturated rings. The first-order valence-corrected chi connectivity index (χ1v) is 15.9. The number of rotatable bonds is 15. The van der Waals surface area contributed by atoms with Gasteiger partial charge in [-0.25, -0.2) is 4.79 Å². The maximum absolute atomic E-state index is 13.8. The second kappa shape index (κ2) is 20.0. The summed E-state index contributed by atoms with van der Waals surface area (Å²) in [4.78, 5) is 28.4. The van der Waals surface area contributed by atoms with Gasteiger partial charge in [0.05, 0.1) is 19.3 Å². The monoisotopic (exact) mass is 609 g/mol. The first-order valence-electron chi connectivity index (χ1n) is 15.9. The quantitative estimate of drug-likeness (QED) is 0.0985. The van der Waals surface area contributed by atoms with Gasteiger partial charge in [0.25, 0.3) is 0 Å². The van der Waals surface area contributed by atoms with Gasteiger partial charge < -0.3 is 28.6 Å². The summed E-state index contributed by atoms with van der Waals surface area (Å²) in [5.41, 5.74) is 2.04. The van der Waals surface area contributed by atoms with E-state index >= 15 is 0 Å². The number of carbonyl (C=O) groups is 2. The number of benzene rings is 2. The minimum atomic E-state index is -0.751. The first-order chi connectivity index (χ1) is 21.4. The fourth-order valence-electron chi connectivity index (χ4n) is 5.24. The topological polar surface area (TPSA) is 83.5 Å². The molecule has 8 nitrogen and oxygen atoms in total. The molecule has 0 unspecified atom stereocenters. The van der Waals surface area contributed by atoms with Crippen LogP contribution in [0.2, 0.25) is 0 Å². The summed E-state index contributed by atoms with van der Waals surface area (Å²) >= 11 is 0. The number of hydrogen-bond acceptors (Lipinski definition) is 7. The molecule has 44 heavy (non-hydrogen) atoms. The molecule has 4 atom stereocenters. The fourth-order valence-corrected chi connectivity index (χ4v) is 5.24. The Balaban J connectivity index is 1.65. The van der Waals surface area contributed by atoms with Crippen molar-refractivity contribution >= 4 is 11.9 Å². The van der Waals surface area contributed by atoms with Crippen molar-refractivity contribution in [1.29, 1.82) is 0 Å². The van der Waals surface area contributed by atoms with Crippen LogP contribution in [0, 0.1) is 5.92 Å². The Labute approximate surface area is 263 Å². The summed E-state index contributed by atoms with van der Waals surface area (Å²) < 4.78 is 28.8. The van der Waals surface area contributed by atoms with Crippen molar-refractivity contribution in [2.24, 2.45) is 5.92 Å². The number of hydrogen-bond donors (Lipinski definition) is 0. The van der Waals surface area contributed by atoms with Crippen LogP contribution in [0.15, 0.2) is 66.7 Å². The molecular formula is C36H51NO7. The molecule has 0 bridgehead atoms. The molecule has 242 valence electrons. The van der Waals surface area contributed by atoms with Crippen LogP contribution >= 0.6 is 0 Å². The lowest BCUT2D eigenvalue weighted by molar-refractivity contribution is -0.162. The van der Waals surface area contributed by atoms with Crippen molar-refractivity contribution in [1.82, 2.24) is 4.90 Å². The summed E-state index contributed by atoms with van der Waals surface area (Å²) in [5.74, 6) is 0.628. The van der Waals surface area contributed by atoms with E-state index in [-0.39, 0.29) is 37.3 Å². The average Bonchev–Trinajstić information content (AvgIpc) is 3.04. The first kappa shape index (κ1) is 35.3. The van der Waals surface area contributed by atoms with Crippen LogP contribution < -0.4 is 4.74 Å². The highest BCUT2D eigenvalue weighted by Crippen LogP contribution is 2.23. The van der Waals surface area contributed by atoms with Crippen LogP contribution in [-0.2, 0) is 41.6 Å². The molecule has 2 aromatic rings. The van der Waals surface area contributed by atoms with Crippen LogP contribution in [0.4, 0.5) is 0 Å². The number of methoxy groups -OCH3 is 1. The molecule has 8 heteroatoms. The van der Waals surface area contributed by atoms with Crippen LogP contribution in [0.3, 0.4) is 0 Å². The number of ether oxygens (including phenoxy) is 5. The van der Waals surface area contributed by atoms with Crippen molar-refractivity contribution in [3.63, 3.8) is 0 Å². The van der Waals surface area contributed by atoms with Gasteiger partial charge in [-0.15, -0.1) is 0 Å². The number of cyclic esters (lactones) is 1. The van der Waals surface area contributed by atoms with E-state index in [0.29, 0.717) is 38.6 Å². The summed E-state index contributed by atoms with van der Waals surface area (Å²) in [6.45, 7) is 5.95. The van der Waals surface area contributed by atoms with E-state index in [0.717, 1.165) is 49.0 Å². The molecule has 3 rings (SSSR count). The van der Waals surface area contributed by atoms with E-state index in [9.17, 15) is 9.59 Å². The van der Waals surface area contributed by atoms with Gasteiger partial charge >= 0.3 is 5.97 Å². The predicted molar refractivity (Wildman–Crippen MR) is 171 cm³/mol. The Kier molecular flexibility index (Phi) is 16.0. The predicted octanol–water partition coefficient (Wildman–Crippen LogP) is 6.51. The molecule has 0 saturated heterocycles. The molecule has 0 radical (unpaired) electrons. The lowest BCUT2D eigenvalue weighted by atomic mass is 9.96. The number of allylic oxidation sites excluding steroid dienone is 1. The summed E-state index contributed by atoms with van der Waals surface area (Å²) in [6.07, 6.45) is 9.14. The molecule has 0 spiro atoms. The zero-order valence-corrected chi connectivity index (χ0v) is 27.0. The molecule has 1 aliphatic rings. The largest absolute Gasteiger partial charge is 0.491 e. The Hall–Kier alpha value is -3.20. The maximum Gasteiger partial charge on any atom is 0.329 e. The van der Waals surface area contributed by atoms with Crippen LogP contribution in [0.5, 0.6) is 5.75 Å². The van der Waals surface area contributed by atoms with Crippen molar-refractivity contribution in [2.75, 3.05) is 34.2 Å². The van der Waals surface area contributed by atoms with Gasteiger partial charge in [-0.2, -0.15) is 0 Å². The Morgan fingerprint density at radius 1 is 0.977 bits per heavy atom. The van der Waals surface area contributed by atoms with Gasteiger partial charge in [0.15, 0.2) is 0 Å². The summed E-state index contributed by atoms with van der Waals surface area (Å²) in [5, 5.41) is 0. The number of amides is 1. The number of esters is 1. The zero-order chi connectivity index (χ0) is 31.6. The molecular weight excluding hydrogens is 558 g/mol. The Morgan fingerprint density at radius 3 is 2.48 bits per heavy atom. The van der Waals surface area contributed by atoms with E-state index in [2.05, 4.69) is 19.9 Å². The Bertz CT molecular complexity index is 1120. The third-order valence-corrected chi connectivity index (χ3v) is 7.91. The standard InChI is InChI=1S/C36H51NO7/c1-5-11-32(43-27-40-4)25-33-19-16-28(2)12-9-10-15-35(38)37(3)34(36(39)44-33)24-29-17-20-31(21-18-29)42-23-22-41-26-30-13-7-6-8-14-30/h6-10,13-14,17-18,20-21,28,32-34H,5,11-12,15-16,19,22-27H2,1-4H3/b10-9+/t28-,32+,33+,34+/m1/s1. The smallest absolute Gasteiger partial charge is 0.329 e. The highest BCUT2D eigenvalue weighted by molar-refractivity contribution is 5.85. The Morgan fingerprint density at radius 2 is 1.75 bits per heavy atom. The SMILES string of the molecule is CCC[C@@H](C[C@@H]1CC[C@H](C)C/C=C/CC(=O)N(C)[C@@H](Cc2ccc(OCCOCc3ccccc3)cc2)C(=O)O1)OCOC. The van der Waals surface area contributed by atoms with Gasteiger partial charge in [0.2, 0.25) is 5.91 Å². The van der Waals surface area contributed by atoms with E-state index in [1.165, 1.54) is 4.90 Å². The molecule has 1 amide bonds. The normalized spacial score (nSPS) is 21.5. The van der Waals surface area contributed by atoms with Gasteiger partial charge in [-0.3, -0.25) is 4.79 Å². The lowest BCUT2D eigenvalue weighted by Crippen LogP contribution is -2.46. The van der Waals surface area contributed by atoms with Gasteiger partial charge in [-0.05, 0) is 54.9 Å². The molecule has 1 heterocycles. The molecule has 0 N–H and O–H groups in total. The molecule has 0 aromatic heterocycles. The third kappa shape index (κ3) is 12.8. The molecule has 0 saturated carbocycles. The van der Waals surface area contributed by atoms with Crippen LogP contribution in [0.1, 0.15) is 69.9 Å². The van der Waals surface area contributed by atoms with Gasteiger partial charge in [-0.1, -0.05) is 74.9 Å². The molecule has 2 aromatic carbocycles. The van der Waals surface area contributed by atoms with Crippen LogP contribution in [-0.4, -0.2) is 69.2 Å². The summed E-state index contributed by atoms with van der Waals surface area (Å²) in [6, 6.07) is 16.9. The minimum Gasteiger partial charge on any atom is -0.491 e. The van der Waals surface area contributed by atoms with Crippen molar-refractivity contribution in [2.45, 2.75) is 90.1 Å². The van der Waals surface area contributed by atoms with E-state index in [4.69, 9.17) is 23.7 Å². The third-order valence-electron chi connectivity index (χ3n) is 7.91. The highest BCUT2D eigenvalue weighted by Gasteiger charge is 2.31. The number of likely N-dealkylation sites (N-methyl/N-ethyl adjacent to an activating group) is 1. The molecule has 0 aliphatic carbocycles. The van der Waals surface area contributed by atoms with E-state index < -0.39 is 6.04 Å². The highest BCUT2D eigenvalue weighted by atomic mass is 16.7. The second-order valence-electron chi connectivity index (χ2n) is 11.6. The zero-order valence-electron chi connectivity index (χ0n) is 27.0. The molecule has 1 aliphatic heterocycles. The minimum absolute atomic E-state index is 0.0715. The van der Waals surface area contributed by atoms with E-state index in [1.807, 2.05) is 60.7 Å². The summed E-state index contributed by atoms with van der Waals surface area (Å²) in [7, 11) is 3.29. The van der Waals surface area contributed by atoms with Crippen LogP contribution in [0.25, 0.3) is 0 Å². The number of nitrogens with zero attached hydrogens (tertiary/aromatic N) is 1. The van der Waals surface area contributed by atoms with Crippen molar-refractivity contribution in [3.8, 4) is 5.75 Å². The average molecular weight is 610 g/mol. The van der Waals surface area contributed by atoms with E-state index in [1.54, 1.807) is 14.2 Å². The fraction of sp³-hybridized carbons (Fsp3) is 0.556.